The van der Waals surface area contributed by atoms with E-state index in [4.69, 9.17) is 0 Å². The van der Waals surface area contributed by atoms with Crippen molar-refractivity contribution in [2.75, 3.05) is 0 Å². The van der Waals surface area contributed by atoms with Crippen molar-refractivity contribution in [2.24, 2.45) is 0 Å². The van der Waals surface area contributed by atoms with Gasteiger partial charge in [-0.15, -0.1) is 16.2 Å². The number of hydrogen-bond acceptors (Lipinski definition) is 4. The number of benzene rings is 1. The van der Waals surface area contributed by atoms with Crippen molar-refractivity contribution in [1.82, 2.24) is 15.2 Å². The molecule has 2 aromatic heterocycles. The van der Waals surface area contributed by atoms with Crippen LogP contribution < -0.4 is 10.3 Å². The van der Waals surface area contributed by atoms with Gasteiger partial charge in [0, 0.05) is 17.1 Å². The largest absolute Gasteiger partial charge is 0.360 e. The lowest BCUT2D eigenvalue weighted by molar-refractivity contribution is 0.0947. The van der Waals surface area contributed by atoms with Crippen molar-refractivity contribution in [3.05, 3.63) is 53.5 Å². The van der Waals surface area contributed by atoms with Crippen molar-refractivity contribution in [1.29, 1.82) is 0 Å². The molecule has 0 bridgehead atoms. The number of carbonyl (C=O) groups excluding carboxylic acids is 1. The summed E-state index contributed by atoms with van der Waals surface area (Å²) in [7, 11) is -3.73. The molecule has 21 heavy (non-hydrogen) atoms. The monoisotopic (exact) mass is 321 g/mol. The standard InChI is InChI=1S/C13H11N3O3S2/c17-13(10-8-14-11-5-2-1-4-9(10)11)15-16-21(18,19)12-6-3-7-20-12/h1-8,14,16H,(H,15,17). The van der Waals surface area contributed by atoms with Gasteiger partial charge in [-0.25, -0.2) is 8.42 Å². The van der Waals surface area contributed by atoms with Crippen LogP contribution in [0.15, 0.2) is 52.2 Å². The summed E-state index contributed by atoms with van der Waals surface area (Å²) < 4.78 is 24.0. The Morgan fingerprint density at radius 3 is 2.71 bits per heavy atom. The Labute approximate surface area is 124 Å². The summed E-state index contributed by atoms with van der Waals surface area (Å²) >= 11 is 1.07. The van der Waals surface area contributed by atoms with Crippen molar-refractivity contribution in [3.63, 3.8) is 0 Å². The minimum Gasteiger partial charge on any atom is -0.360 e. The maximum atomic E-state index is 12.1. The normalized spacial score (nSPS) is 11.6. The van der Waals surface area contributed by atoms with E-state index < -0.39 is 15.9 Å². The lowest BCUT2D eigenvalue weighted by atomic mass is 10.2. The molecule has 1 aromatic carbocycles. The van der Waals surface area contributed by atoms with Gasteiger partial charge in [-0.3, -0.25) is 10.2 Å². The highest BCUT2D eigenvalue weighted by Crippen LogP contribution is 2.18. The Bertz CT molecular complexity index is 882. The highest BCUT2D eigenvalue weighted by atomic mass is 32.2. The number of hydrogen-bond donors (Lipinski definition) is 3. The molecule has 1 amide bonds. The molecule has 0 radical (unpaired) electrons. The minimum absolute atomic E-state index is 0.140. The number of H-pyrrole nitrogens is 1. The zero-order valence-corrected chi connectivity index (χ0v) is 12.3. The number of nitrogens with one attached hydrogen (secondary N) is 3. The summed E-state index contributed by atoms with van der Waals surface area (Å²) in [5.74, 6) is -0.521. The summed E-state index contributed by atoms with van der Waals surface area (Å²) in [6.07, 6.45) is 1.54. The second kappa shape index (κ2) is 5.32. The molecule has 6 nitrogen and oxygen atoms in total. The van der Waals surface area contributed by atoms with Gasteiger partial charge in [0.1, 0.15) is 4.21 Å². The first-order chi connectivity index (χ1) is 10.1. The van der Waals surface area contributed by atoms with E-state index in [9.17, 15) is 13.2 Å². The number of amides is 1. The molecule has 0 saturated carbocycles. The van der Waals surface area contributed by atoms with Gasteiger partial charge in [0.05, 0.1) is 5.56 Å². The molecular weight excluding hydrogens is 310 g/mol. The fourth-order valence-corrected chi connectivity index (χ4v) is 3.74. The fourth-order valence-electron chi connectivity index (χ4n) is 1.91. The van der Waals surface area contributed by atoms with E-state index >= 15 is 0 Å². The van der Waals surface area contributed by atoms with Gasteiger partial charge in [-0.1, -0.05) is 24.3 Å². The molecule has 0 spiro atoms. The molecular formula is C13H11N3O3S2. The average Bonchev–Trinajstić information content (AvgIpc) is 3.14. The predicted octanol–water partition coefficient (Wildman–Crippen LogP) is 1.85. The highest BCUT2D eigenvalue weighted by molar-refractivity contribution is 7.91. The summed E-state index contributed by atoms with van der Waals surface area (Å²) in [5.41, 5.74) is 3.40. The molecule has 0 aliphatic carbocycles. The average molecular weight is 321 g/mol. The molecule has 0 aliphatic rings. The lowest BCUT2D eigenvalue weighted by Gasteiger charge is -2.06. The number of fused-ring (bicyclic) bond motifs is 1. The van der Waals surface area contributed by atoms with Crippen molar-refractivity contribution in [3.8, 4) is 0 Å². The van der Waals surface area contributed by atoms with Crippen LogP contribution >= 0.6 is 11.3 Å². The molecule has 3 aromatic rings. The zero-order valence-electron chi connectivity index (χ0n) is 10.7. The van der Waals surface area contributed by atoms with E-state index in [1.54, 1.807) is 23.7 Å². The van der Waals surface area contributed by atoms with Crippen LogP contribution in [0.5, 0.6) is 0 Å². The van der Waals surface area contributed by atoms with Gasteiger partial charge in [0.2, 0.25) is 0 Å². The second-order valence-electron chi connectivity index (χ2n) is 4.24. The molecule has 0 fully saturated rings. The maximum absolute atomic E-state index is 12.1. The number of thiophene rings is 1. The molecule has 0 unspecified atom stereocenters. The molecule has 0 atom stereocenters. The highest BCUT2D eigenvalue weighted by Gasteiger charge is 2.18. The maximum Gasteiger partial charge on any atom is 0.268 e. The predicted molar refractivity (Wildman–Crippen MR) is 80.4 cm³/mol. The minimum atomic E-state index is -3.73. The Hall–Kier alpha value is -2.16. The quantitative estimate of drug-likeness (QED) is 0.641. The SMILES string of the molecule is O=C(NNS(=O)(=O)c1cccs1)c1c[nH]c2ccccc12. The van der Waals surface area contributed by atoms with Crippen molar-refractivity contribution in [2.45, 2.75) is 4.21 Å². The molecule has 3 N–H and O–H groups in total. The number of sulfonamides is 1. The molecule has 8 heteroatoms. The van der Waals surface area contributed by atoms with Gasteiger partial charge in [0.25, 0.3) is 15.9 Å². The number of aromatic nitrogens is 1. The molecule has 0 saturated heterocycles. The van der Waals surface area contributed by atoms with Crippen molar-refractivity contribution < 1.29 is 13.2 Å². The van der Waals surface area contributed by atoms with Crippen LogP contribution in [0.1, 0.15) is 10.4 Å². The lowest BCUT2D eigenvalue weighted by Crippen LogP contribution is -2.41. The van der Waals surface area contributed by atoms with Gasteiger partial charge >= 0.3 is 0 Å². The third-order valence-electron chi connectivity index (χ3n) is 2.89. The van der Waals surface area contributed by atoms with Gasteiger partial charge < -0.3 is 4.98 Å². The van der Waals surface area contributed by atoms with E-state index in [-0.39, 0.29) is 4.21 Å². The number of carbonyl (C=O) groups is 1. The van der Waals surface area contributed by atoms with E-state index in [0.717, 1.165) is 22.2 Å². The molecule has 2 heterocycles. The first-order valence-corrected chi connectivity index (χ1v) is 8.36. The fraction of sp³-hybridized carbons (Fsp3) is 0. The third-order valence-corrected chi connectivity index (χ3v) is 5.54. The summed E-state index contributed by atoms with van der Waals surface area (Å²) in [4.78, 5) is 17.1. The number of aromatic amines is 1. The van der Waals surface area contributed by atoms with Crippen molar-refractivity contribution >= 4 is 38.2 Å². The van der Waals surface area contributed by atoms with Crippen LogP contribution in [-0.2, 0) is 10.0 Å². The van der Waals surface area contributed by atoms with Crippen LogP contribution in [0.25, 0.3) is 10.9 Å². The number of para-hydroxylation sites is 1. The van der Waals surface area contributed by atoms with E-state index in [2.05, 4.69) is 15.2 Å². The molecule has 108 valence electrons. The van der Waals surface area contributed by atoms with E-state index in [0.29, 0.717) is 5.56 Å². The Morgan fingerprint density at radius 1 is 1.14 bits per heavy atom. The van der Waals surface area contributed by atoms with Gasteiger partial charge in [-0.2, -0.15) is 0 Å². The Morgan fingerprint density at radius 2 is 1.95 bits per heavy atom. The second-order valence-corrected chi connectivity index (χ2v) is 7.10. The molecule has 3 rings (SSSR count). The number of rotatable bonds is 4. The van der Waals surface area contributed by atoms with Crippen LogP contribution in [0.4, 0.5) is 0 Å². The van der Waals surface area contributed by atoms with Gasteiger partial charge in [0.15, 0.2) is 0 Å². The first kappa shape index (κ1) is 13.8. The van der Waals surface area contributed by atoms with E-state index in [1.165, 1.54) is 6.07 Å². The summed E-state index contributed by atoms with van der Waals surface area (Å²) in [6, 6.07) is 10.4. The summed E-state index contributed by atoms with van der Waals surface area (Å²) in [5, 5.41) is 2.38. The third kappa shape index (κ3) is 2.68. The van der Waals surface area contributed by atoms with Crippen LogP contribution in [-0.4, -0.2) is 19.3 Å². The van der Waals surface area contributed by atoms with Crippen LogP contribution in [0.2, 0.25) is 0 Å². The van der Waals surface area contributed by atoms with Crippen LogP contribution in [0, 0.1) is 0 Å². The Balaban J connectivity index is 1.78. The smallest absolute Gasteiger partial charge is 0.268 e. The number of hydrazine groups is 1. The zero-order chi connectivity index (χ0) is 14.9. The first-order valence-electron chi connectivity index (χ1n) is 6.00. The van der Waals surface area contributed by atoms with Crippen LogP contribution in [0.3, 0.4) is 0 Å². The Kier molecular flexibility index (Phi) is 3.50. The topological polar surface area (TPSA) is 91.1 Å². The molecule has 0 aliphatic heterocycles. The van der Waals surface area contributed by atoms with Gasteiger partial charge in [-0.05, 0) is 17.5 Å². The van der Waals surface area contributed by atoms with E-state index in [1.807, 2.05) is 18.2 Å². The summed E-state index contributed by atoms with van der Waals surface area (Å²) in [6.45, 7) is 0.